The molecule has 26 heavy (non-hydrogen) atoms. The molecule has 6 nitrogen and oxygen atoms in total. The summed E-state index contributed by atoms with van der Waals surface area (Å²) in [6.45, 7) is 1.52. The van der Waals surface area contributed by atoms with Gasteiger partial charge in [-0.1, -0.05) is 24.3 Å². The van der Waals surface area contributed by atoms with Crippen LogP contribution < -0.4 is 15.5 Å². The third-order valence-electron chi connectivity index (χ3n) is 4.45. The van der Waals surface area contributed by atoms with Crippen LogP contribution in [-0.4, -0.2) is 43.2 Å². The molecule has 0 aliphatic carbocycles. The van der Waals surface area contributed by atoms with E-state index in [0.717, 1.165) is 17.8 Å². The molecule has 7 heteroatoms. The highest BCUT2D eigenvalue weighted by atomic mass is 32.1. The molecule has 0 unspecified atom stereocenters. The van der Waals surface area contributed by atoms with Gasteiger partial charge in [0.2, 0.25) is 0 Å². The molecule has 0 radical (unpaired) electrons. The largest absolute Gasteiger partial charge is 0.396 e. The van der Waals surface area contributed by atoms with Gasteiger partial charge >= 0.3 is 11.8 Å². The lowest BCUT2D eigenvalue weighted by Crippen LogP contribution is -2.44. The van der Waals surface area contributed by atoms with Gasteiger partial charge in [-0.25, -0.2) is 0 Å². The molecular formula is C19H23N3O3S. The molecule has 1 atom stereocenters. The number of thiophene rings is 1. The van der Waals surface area contributed by atoms with Gasteiger partial charge in [-0.2, -0.15) is 0 Å². The van der Waals surface area contributed by atoms with Crippen molar-refractivity contribution in [3.8, 4) is 0 Å². The van der Waals surface area contributed by atoms with E-state index >= 15 is 0 Å². The van der Waals surface area contributed by atoms with E-state index < -0.39 is 11.8 Å². The lowest BCUT2D eigenvalue weighted by Gasteiger charge is -2.30. The number of nitrogens with zero attached hydrogens (tertiary/aromatic N) is 1. The average Bonchev–Trinajstić information content (AvgIpc) is 3.32. The Morgan fingerprint density at radius 2 is 1.96 bits per heavy atom. The van der Waals surface area contributed by atoms with Gasteiger partial charge < -0.3 is 20.6 Å². The number of amides is 2. The van der Waals surface area contributed by atoms with E-state index in [9.17, 15) is 9.59 Å². The number of benzene rings is 1. The SMILES string of the molecule is O=C(NCCCO)C(=O)NC[C@@H](c1cccs1)N1CCc2ccccc21. The molecule has 0 bridgehead atoms. The molecule has 2 amide bonds. The third-order valence-corrected chi connectivity index (χ3v) is 5.43. The summed E-state index contributed by atoms with van der Waals surface area (Å²) in [5, 5.41) is 16.0. The standard InChI is InChI=1S/C19H23N3O3S/c23-11-4-9-20-18(24)19(25)21-13-16(17-7-3-12-26-17)22-10-8-14-5-1-2-6-15(14)22/h1-3,5-7,12,16,23H,4,8-11,13H2,(H,20,24)(H,21,25)/t16-/m0/s1. The van der Waals surface area contributed by atoms with Crippen LogP contribution in [0, 0.1) is 0 Å². The van der Waals surface area contributed by atoms with Crippen LogP contribution in [0.1, 0.15) is 22.9 Å². The fraction of sp³-hybridized carbons (Fsp3) is 0.368. The van der Waals surface area contributed by atoms with Crippen molar-refractivity contribution in [1.82, 2.24) is 10.6 Å². The first kappa shape index (κ1) is 18.4. The second-order valence-corrected chi connectivity index (χ2v) is 7.13. The van der Waals surface area contributed by atoms with Crippen molar-refractivity contribution in [2.24, 2.45) is 0 Å². The first-order valence-corrected chi connectivity index (χ1v) is 9.63. The van der Waals surface area contributed by atoms with Crippen molar-refractivity contribution in [1.29, 1.82) is 0 Å². The number of aliphatic hydroxyl groups is 1. The third kappa shape index (κ3) is 4.23. The Bertz CT molecular complexity index is 748. The van der Waals surface area contributed by atoms with Crippen LogP contribution in [0.5, 0.6) is 0 Å². The summed E-state index contributed by atoms with van der Waals surface area (Å²) in [6.07, 6.45) is 1.41. The fourth-order valence-corrected chi connectivity index (χ4v) is 4.00. The van der Waals surface area contributed by atoms with Crippen LogP contribution in [0.2, 0.25) is 0 Å². The smallest absolute Gasteiger partial charge is 0.309 e. The van der Waals surface area contributed by atoms with E-state index in [4.69, 9.17) is 5.11 Å². The lowest BCUT2D eigenvalue weighted by atomic mass is 10.1. The maximum atomic E-state index is 12.1. The Labute approximate surface area is 156 Å². The molecule has 2 aromatic rings. The normalized spacial score (nSPS) is 14.0. The zero-order valence-corrected chi connectivity index (χ0v) is 15.3. The zero-order chi connectivity index (χ0) is 18.4. The molecule has 0 spiro atoms. The van der Waals surface area contributed by atoms with E-state index in [-0.39, 0.29) is 19.2 Å². The van der Waals surface area contributed by atoms with Crippen molar-refractivity contribution in [3.05, 3.63) is 52.2 Å². The molecule has 0 saturated carbocycles. The van der Waals surface area contributed by atoms with Gasteiger partial charge in [-0.05, 0) is 35.9 Å². The number of hydrogen-bond acceptors (Lipinski definition) is 5. The molecule has 0 fully saturated rings. The van der Waals surface area contributed by atoms with Crippen LogP contribution >= 0.6 is 11.3 Å². The highest BCUT2D eigenvalue weighted by molar-refractivity contribution is 7.10. The molecular weight excluding hydrogens is 350 g/mol. The number of hydrogen-bond donors (Lipinski definition) is 3. The molecule has 1 aliphatic heterocycles. The predicted octanol–water partition coefficient (Wildman–Crippen LogP) is 1.47. The fourth-order valence-electron chi connectivity index (χ4n) is 3.16. The average molecular weight is 373 g/mol. The van der Waals surface area contributed by atoms with Crippen molar-refractivity contribution in [3.63, 3.8) is 0 Å². The van der Waals surface area contributed by atoms with E-state index in [1.54, 1.807) is 11.3 Å². The highest BCUT2D eigenvalue weighted by Gasteiger charge is 2.28. The van der Waals surface area contributed by atoms with E-state index in [1.165, 1.54) is 11.3 Å². The molecule has 3 rings (SSSR count). The van der Waals surface area contributed by atoms with Crippen molar-refractivity contribution in [2.45, 2.75) is 18.9 Å². The number of aliphatic hydroxyl groups excluding tert-OH is 1. The Hall–Kier alpha value is -2.38. The molecule has 3 N–H and O–H groups in total. The first-order valence-electron chi connectivity index (χ1n) is 8.75. The number of para-hydroxylation sites is 1. The van der Waals surface area contributed by atoms with Gasteiger partial charge in [0.25, 0.3) is 0 Å². The Kier molecular flexibility index (Phi) is 6.25. The number of anilines is 1. The van der Waals surface area contributed by atoms with Crippen LogP contribution in [0.4, 0.5) is 5.69 Å². The molecule has 0 saturated heterocycles. The van der Waals surface area contributed by atoms with Crippen LogP contribution in [0.15, 0.2) is 41.8 Å². The summed E-state index contributed by atoms with van der Waals surface area (Å²) in [5.74, 6) is -1.30. The minimum Gasteiger partial charge on any atom is -0.396 e. The highest BCUT2D eigenvalue weighted by Crippen LogP contribution is 2.36. The minimum absolute atomic E-state index is 0.00663. The van der Waals surface area contributed by atoms with Gasteiger partial charge in [0.15, 0.2) is 0 Å². The summed E-state index contributed by atoms with van der Waals surface area (Å²) in [5.41, 5.74) is 2.50. The number of nitrogens with one attached hydrogen (secondary N) is 2. The number of fused-ring (bicyclic) bond motifs is 1. The second kappa shape index (κ2) is 8.82. The summed E-state index contributed by atoms with van der Waals surface area (Å²) in [7, 11) is 0. The molecule has 1 aliphatic rings. The molecule has 138 valence electrons. The van der Waals surface area contributed by atoms with Gasteiger partial charge in [0.05, 0.1) is 6.04 Å². The van der Waals surface area contributed by atoms with Gasteiger partial charge in [-0.3, -0.25) is 9.59 Å². The first-order chi connectivity index (χ1) is 12.7. The maximum Gasteiger partial charge on any atom is 0.309 e. The van der Waals surface area contributed by atoms with Gasteiger partial charge in [0.1, 0.15) is 0 Å². The Morgan fingerprint density at radius 1 is 1.15 bits per heavy atom. The molecule has 1 aromatic carbocycles. The number of rotatable bonds is 7. The topological polar surface area (TPSA) is 81.7 Å². The Morgan fingerprint density at radius 3 is 2.73 bits per heavy atom. The van der Waals surface area contributed by atoms with Crippen LogP contribution in [-0.2, 0) is 16.0 Å². The predicted molar refractivity (Wildman–Crippen MR) is 102 cm³/mol. The van der Waals surface area contributed by atoms with Gasteiger partial charge in [-0.15, -0.1) is 11.3 Å². The van der Waals surface area contributed by atoms with Crippen molar-refractivity contribution in [2.75, 3.05) is 31.1 Å². The Balaban J connectivity index is 1.67. The number of carbonyl (C=O) groups is 2. The van der Waals surface area contributed by atoms with E-state index in [2.05, 4.69) is 33.7 Å². The summed E-state index contributed by atoms with van der Waals surface area (Å²) in [4.78, 5) is 27.3. The zero-order valence-electron chi connectivity index (χ0n) is 14.5. The van der Waals surface area contributed by atoms with Crippen LogP contribution in [0.25, 0.3) is 0 Å². The van der Waals surface area contributed by atoms with Crippen molar-refractivity contribution >= 4 is 28.8 Å². The van der Waals surface area contributed by atoms with E-state index in [1.807, 2.05) is 23.6 Å². The molecule has 2 heterocycles. The van der Waals surface area contributed by atoms with Crippen LogP contribution in [0.3, 0.4) is 0 Å². The van der Waals surface area contributed by atoms with Crippen molar-refractivity contribution < 1.29 is 14.7 Å². The summed E-state index contributed by atoms with van der Waals surface area (Å²) < 4.78 is 0. The van der Waals surface area contributed by atoms with Gasteiger partial charge in [0, 0.05) is 36.8 Å². The summed E-state index contributed by atoms with van der Waals surface area (Å²) in [6, 6.07) is 12.4. The monoisotopic (exact) mass is 373 g/mol. The quantitative estimate of drug-likeness (QED) is 0.507. The maximum absolute atomic E-state index is 12.1. The van der Waals surface area contributed by atoms with E-state index in [0.29, 0.717) is 13.0 Å². The second-order valence-electron chi connectivity index (χ2n) is 6.15. The lowest BCUT2D eigenvalue weighted by molar-refractivity contribution is -0.139. The summed E-state index contributed by atoms with van der Waals surface area (Å²) >= 11 is 1.65. The number of carbonyl (C=O) groups excluding carboxylic acids is 2. The minimum atomic E-state index is -0.662. The molecule has 1 aromatic heterocycles.